The number of pyridine rings is 1. The summed E-state index contributed by atoms with van der Waals surface area (Å²) in [5.74, 6) is -0.143. The SMILES string of the molecule is Fc1ccc2c(c1)C=C(C1CCCCN1Cc1ccccn1)C2. The van der Waals surface area contributed by atoms with Crippen molar-refractivity contribution in [2.24, 2.45) is 0 Å². The highest BCUT2D eigenvalue weighted by Crippen LogP contribution is 2.33. The van der Waals surface area contributed by atoms with Crippen molar-refractivity contribution in [3.05, 3.63) is 70.8 Å². The minimum Gasteiger partial charge on any atom is -0.291 e. The van der Waals surface area contributed by atoms with Crippen molar-refractivity contribution in [2.45, 2.75) is 38.3 Å². The first-order chi connectivity index (χ1) is 11.3. The van der Waals surface area contributed by atoms with Crippen LogP contribution in [0.25, 0.3) is 6.08 Å². The van der Waals surface area contributed by atoms with Gasteiger partial charge in [0.15, 0.2) is 0 Å². The van der Waals surface area contributed by atoms with E-state index in [-0.39, 0.29) is 5.82 Å². The maximum atomic E-state index is 13.4. The molecule has 0 N–H and O–H groups in total. The fourth-order valence-electron chi connectivity index (χ4n) is 3.85. The van der Waals surface area contributed by atoms with Gasteiger partial charge in [0.05, 0.1) is 5.69 Å². The second kappa shape index (κ2) is 6.25. The summed E-state index contributed by atoms with van der Waals surface area (Å²) in [6, 6.07) is 11.7. The summed E-state index contributed by atoms with van der Waals surface area (Å²) >= 11 is 0. The Kier molecular flexibility index (Phi) is 3.96. The Labute approximate surface area is 136 Å². The number of likely N-dealkylation sites (tertiary alicyclic amines) is 1. The lowest BCUT2D eigenvalue weighted by atomic mass is 9.93. The van der Waals surface area contributed by atoms with Crippen LogP contribution in [0.15, 0.2) is 48.2 Å². The monoisotopic (exact) mass is 308 g/mol. The molecule has 1 fully saturated rings. The van der Waals surface area contributed by atoms with E-state index in [1.54, 1.807) is 12.1 Å². The number of benzene rings is 1. The first-order valence-corrected chi connectivity index (χ1v) is 8.42. The normalized spacial score (nSPS) is 21.1. The molecule has 2 aromatic rings. The van der Waals surface area contributed by atoms with Gasteiger partial charge in [0.1, 0.15) is 5.82 Å². The van der Waals surface area contributed by atoms with Crippen molar-refractivity contribution in [3.8, 4) is 0 Å². The lowest BCUT2D eigenvalue weighted by Gasteiger charge is -2.36. The summed E-state index contributed by atoms with van der Waals surface area (Å²) in [5.41, 5.74) is 4.87. The van der Waals surface area contributed by atoms with Crippen LogP contribution in [-0.2, 0) is 13.0 Å². The third kappa shape index (κ3) is 3.06. The summed E-state index contributed by atoms with van der Waals surface area (Å²) in [6.45, 7) is 2.01. The Morgan fingerprint density at radius 2 is 2.13 bits per heavy atom. The Hall–Kier alpha value is -2.00. The molecule has 1 aromatic carbocycles. The molecule has 2 heterocycles. The molecule has 0 bridgehead atoms. The Balaban J connectivity index is 1.56. The molecule has 2 nitrogen and oxygen atoms in total. The molecule has 0 saturated carbocycles. The van der Waals surface area contributed by atoms with Crippen molar-refractivity contribution in [1.29, 1.82) is 0 Å². The van der Waals surface area contributed by atoms with Crippen LogP contribution in [0.1, 0.15) is 36.1 Å². The fourth-order valence-corrected chi connectivity index (χ4v) is 3.85. The highest BCUT2D eigenvalue weighted by atomic mass is 19.1. The zero-order valence-corrected chi connectivity index (χ0v) is 13.2. The van der Waals surface area contributed by atoms with Gasteiger partial charge in [-0.3, -0.25) is 9.88 Å². The van der Waals surface area contributed by atoms with Gasteiger partial charge in [0.2, 0.25) is 0 Å². The second-order valence-electron chi connectivity index (χ2n) is 6.54. The molecule has 1 aliphatic carbocycles. The van der Waals surface area contributed by atoms with Crippen LogP contribution >= 0.6 is 0 Å². The fraction of sp³-hybridized carbons (Fsp3) is 0.350. The van der Waals surface area contributed by atoms with Crippen LogP contribution < -0.4 is 0 Å². The number of hydrogen-bond donors (Lipinski definition) is 0. The van der Waals surface area contributed by atoms with Gasteiger partial charge in [-0.25, -0.2) is 4.39 Å². The van der Waals surface area contributed by atoms with Crippen molar-refractivity contribution in [1.82, 2.24) is 9.88 Å². The Bertz CT molecular complexity index is 724. The minimum absolute atomic E-state index is 0.143. The Morgan fingerprint density at radius 1 is 1.17 bits per heavy atom. The molecule has 1 atom stereocenters. The number of nitrogens with zero attached hydrogens (tertiary/aromatic N) is 2. The largest absolute Gasteiger partial charge is 0.291 e. The standard InChI is InChI=1S/C20H21FN2/c21-18-8-7-15-11-17(12-16(15)13-18)20-6-2-4-10-23(20)14-19-5-1-3-9-22-19/h1,3,5,7-9,12-13,20H,2,4,6,10-11,14H2. The average molecular weight is 308 g/mol. The molecule has 2 aliphatic rings. The molecule has 1 unspecified atom stereocenters. The van der Waals surface area contributed by atoms with Crippen LogP contribution in [0.2, 0.25) is 0 Å². The van der Waals surface area contributed by atoms with Crippen LogP contribution in [0.3, 0.4) is 0 Å². The van der Waals surface area contributed by atoms with Gasteiger partial charge >= 0.3 is 0 Å². The molecule has 1 aromatic heterocycles. The molecular weight excluding hydrogens is 287 g/mol. The summed E-state index contributed by atoms with van der Waals surface area (Å²) < 4.78 is 13.4. The molecule has 0 amide bonds. The molecule has 118 valence electrons. The number of fused-ring (bicyclic) bond motifs is 1. The third-order valence-corrected chi connectivity index (χ3v) is 4.98. The van der Waals surface area contributed by atoms with Gasteiger partial charge in [-0.15, -0.1) is 0 Å². The van der Waals surface area contributed by atoms with Gasteiger partial charge in [-0.2, -0.15) is 0 Å². The smallest absolute Gasteiger partial charge is 0.123 e. The third-order valence-electron chi connectivity index (χ3n) is 4.98. The number of piperidine rings is 1. The predicted octanol–water partition coefficient (Wildman–Crippen LogP) is 4.21. The summed E-state index contributed by atoms with van der Waals surface area (Å²) in [6.07, 6.45) is 8.74. The number of aromatic nitrogens is 1. The van der Waals surface area contributed by atoms with Gasteiger partial charge in [0.25, 0.3) is 0 Å². The van der Waals surface area contributed by atoms with Crippen molar-refractivity contribution >= 4 is 6.08 Å². The molecule has 3 heteroatoms. The highest BCUT2D eigenvalue weighted by molar-refractivity contribution is 5.65. The zero-order chi connectivity index (χ0) is 15.6. The van der Waals surface area contributed by atoms with Crippen LogP contribution in [0.4, 0.5) is 4.39 Å². The van der Waals surface area contributed by atoms with Gasteiger partial charge < -0.3 is 0 Å². The van der Waals surface area contributed by atoms with E-state index in [0.29, 0.717) is 6.04 Å². The van der Waals surface area contributed by atoms with Crippen LogP contribution in [0.5, 0.6) is 0 Å². The molecule has 23 heavy (non-hydrogen) atoms. The van der Waals surface area contributed by atoms with E-state index < -0.39 is 0 Å². The molecule has 0 radical (unpaired) electrons. The second-order valence-corrected chi connectivity index (χ2v) is 6.54. The summed E-state index contributed by atoms with van der Waals surface area (Å²) in [5, 5.41) is 0. The topological polar surface area (TPSA) is 16.1 Å². The van der Waals surface area contributed by atoms with E-state index in [0.717, 1.165) is 30.8 Å². The molecule has 1 saturated heterocycles. The number of hydrogen-bond acceptors (Lipinski definition) is 2. The Morgan fingerprint density at radius 3 is 3.00 bits per heavy atom. The zero-order valence-electron chi connectivity index (χ0n) is 13.2. The lowest BCUT2D eigenvalue weighted by molar-refractivity contribution is 0.161. The number of rotatable bonds is 3. The van der Waals surface area contributed by atoms with Crippen molar-refractivity contribution < 1.29 is 4.39 Å². The highest BCUT2D eigenvalue weighted by Gasteiger charge is 2.28. The van der Waals surface area contributed by atoms with Crippen molar-refractivity contribution in [2.75, 3.05) is 6.54 Å². The first kappa shape index (κ1) is 14.6. The number of halogens is 1. The molecule has 1 aliphatic heterocycles. The average Bonchev–Trinajstić information content (AvgIpc) is 2.99. The van der Waals surface area contributed by atoms with E-state index in [1.165, 1.54) is 30.4 Å². The maximum Gasteiger partial charge on any atom is 0.123 e. The maximum absolute atomic E-state index is 13.4. The minimum atomic E-state index is -0.143. The predicted molar refractivity (Wildman–Crippen MR) is 90.4 cm³/mol. The molecule has 4 rings (SSSR count). The van der Waals surface area contributed by atoms with Gasteiger partial charge in [-0.1, -0.05) is 24.6 Å². The lowest BCUT2D eigenvalue weighted by Crippen LogP contribution is -2.40. The van der Waals surface area contributed by atoms with E-state index in [4.69, 9.17) is 0 Å². The van der Waals surface area contributed by atoms with Gasteiger partial charge in [0, 0.05) is 18.8 Å². The van der Waals surface area contributed by atoms with E-state index in [2.05, 4.69) is 28.1 Å². The molecular formula is C20H21FN2. The van der Waals surface area contributed by atoms with Crippen LogP contribution in [-0.4, -0.2) is 22.5 Å². The van der Waals surface area contributed by atoms with E-state index >= 15 is 0 Å². The van der Waals surface area contributed by atoms with E-state index in [9.17, 15) is 4.39 Å². The quantitative estimate of drug-likeness (QED) is 0.844. The van der Waals surface area contributed by atoms with Crippen molar-refractivity contribution in [3.63, 3.8) is 0 Å². The first-order valence-electron chi connectivity index (χ1n) is 8.42. The van der Waals surface area contributed by atoms with Crippen LogP contribution in [0, 0.1) is 5.82 Å². The van der Waals surface area contributed by atoms with Gasteiger partial charge in [-0.05, 0) is 66.8 Å². The van der Waals surface area contributed by atoms with E-state index in [1.807, 2.05) is 18.3 Å². The summed E-state index contributed by atoms with van der Waals surface area (Å²) in [7, 11) is 0. The molecule has 0 spiro atoms. The summed E-state index contributed by atoms with van der Waals surface area (Å²) in [4.78, 5) is 7.02.